The Hall–Kier alpha value is -2.48. The summed E-state index contributed by atoms with van der Waals surface area (Å²) in [7, 11) is 0. The molecule has 0 unspecified atom stereocenters. The number of fused-ring (bicyclic) bond motifs is 1. The molecular formula is C19H22N4O. The second-order valence-electron chi connectivity index (χ2n) is 6.31. The molecule has 0 amide bonds. The molecule has 0 saturated heterocycles. The van der Waals surface area contributed by atoms with Gasteiger partial charge in [0.25, 0.3) is 0 Å². The summed E-state index contributed by atoms with van der Waals surface area (Å²) in [5.41, 5.74) is 1.77. The van der Waals surface area contributed by atoms with Crippen molar-refractivity contribution < 1.29 is 4.79 Å². The van der Waals surface area contributed by atoms with Gasteiger partial charge < -0.3 is 4.57 Å². The van der Waals surface area contributed by atoms with E-state index >= 15 is 0 Å². The zero-order chi connectivity index (χ0) is 16.9. The van der Waals surface area contributed by atoms with Gasteiger partial charge in [-0.05, 0) is 24.8 Å². The highest BCUT2D eigenvalue weighted by Gasteiger charge is 2.29. The van der Waals surface area contributed by atoms with E-state index in [1.54, 1.807) is 0 Å². The Morgan fingerprint density at radius 2 is 2.04 bits per heavy atom. The third-order valence-corrected chi connectivity index (χ3v) is 4.56. The maximum absolute atomic E-state index is 12.8. The number of nitriles is 1. The lowest BCUT2D eigenvalue weighted by Gasteiger charge is -2.11. The molecule has 0 N–H and O–H groups in total. The van der Waals surface area contributed by atoms with Gasteiger partial charge >= 0.3 is 0 Å². The van der Waals surface area contributed by atoms with Crippen LogP contribution in [0, 0.1) is 11.3 Å². The second-order valence-corrected chi connectivity index (χ2v) is 6.31. The number of carbonyl (C=O) groups excluding carboxylic acids is 1. The first-order chi connectivity index (χ1) is 11.7. The van der Waals surface area contributed by atoms with Crippen molar-refractivity contribution in [3.8, 4) is 6.07 Å². The van der Waals surface area contributed by atoms with Crippen LogP contribution in [0.2, 0.25) is 0 Å². The first-order valence-electron chi connectivity index (χ1n) is 8.69. The van der Waals surface area contributed by atoms with Crippen LogP contribution >= 0.6 is 0 Å². The molecule has 5 heteroatoms. The molecular weight excluding hydrogens is 300 g/mol. The van der Waals surface area contributed by atoms with Crippen molar-refractivity contribution in [1.82, 2.24) is 14.8 Å². The summed E-state index contributed by atoms with van der Waals surface area (Å²) in [4.78, 5) is 12.8. The number of rotatable bonds is 5. The van der Waals surface area contributed by atoms with Crippen molar-refractivity contribution in [2.24, 2.45) is 0 Å². The number of nitrogens with zero attached hydrogens (tertiary/aromatic N) is 4. The molecule has 1 aliphatic heterocycles. The minimum absolute atomic E-state index is 0.194. The summed E-state index contributed by atoms with van der Waals surface area (Å²) >= 11 is 0. The molecule has 1 aromatic heterocycles. The minimum Gasteiger partial charge on any atom is -0.313 e. The molecule has 24 heavy (non-hydrogen) atoms. The molecule has 2 aromatic rings. The Morgan fingerprint density at radius 1 is 1.25 bits per heavy atom. The number of Topliss-reactive ketones (excluding diaryl/α,β-unsaturated/α-hetero) is 1. The molecule has 124 valence electrons. The van der Waals surface area contributed by atoms with Gasteiger partial charge in [-0.15, -0.1) is 10.2 Å². The lowest BCUT2D eigenvalue weighted by molar-refractivity contribution is 0.0974. The van der Waals surface area contributed by atoms with E-state index in [2.05, 4.69) is 23.2 Å². The van der Waals surface area contributed by atoms with E-state index in [1.807, 2.05) is 28.8 Å². The maximum atomic E-state index is 12.8. The van der Waals surface area contributed by atoms with Gasteiger partial charge in [0.05, 0.1) is 6.07 Å². The zero-order valence-corrected chi connectivity index (χ0v) is 14.0. The number of hydrogen-bond donors (Lipinski definition) is 0. The maximum Gasteiger partial charge on any atom is 0.187 e. The Bertz CT molecular complexity index is 755. The summed E-state index contributed by atoms with van der Waals surface area (Å²) in [6, 6.07) is 9.71. The van der Waals surface area contributed by atoms with E-state index in [4.69, 9.17) is 0 Å². The molecule has 5 nitrogen and oxygen atoms in total. The van der Waals surface area contributed by atoms with Crippen LogP contribution in [0.25, 0.3) is 0 Å². The Labute approximate surface area is 142 Å². The van der Waals surface area contributed by atoms with Crippen LogP contribution in [0.3, 0.4) is 0 Å². The number of ketones is 1. The van der Waals surface area contributed by atoms with Gasteiger partial charge in [-0.2, -0.15) is 5.26 Å². The SMILES string of the molecule is CCCc1ccc(C(=O)[C@H](C#N)c2nnc3n2CCCCC3)cc1. The Balaban J connectivity index is 1.87. The summed E-state index contributed by atoms with van der Waals surface area (Å²) in [5, 5.41) is 18.0. The molecule has 0 radical (unpaired) electrons. The molecule has 1 aromatic carbocycles. The minimum atomic E-state index is -0.888. The summed E-state index contributed by atoms with van der Waals surface area (Å²) in [6.45, 7) is 2.92. The highest BCUT2D eigenvalue weighted by atomic mass is 16.1. The summed E-state index contributed by atoms with van der Waals surface area (Å²) in [6.07, 6.45) is 6.20. The largest absolute Gasteiger partial charge is 0.313 e. The predicted octanol–water partition coefficient (Wildman–Crippen LogP) is 3.45. The van der Waals surface area contributed by atoms with Gasteiger partial charge in [0.2, 0.25) is 0 Å². The highest BCUT2D eigenvalue weighted by molar-refractivity contribution is 6.02. The molecule has 0 fully saturated rings. The number of carbonyl (C=O) groups is 1. The Kier molecular flexibility index (Phi) is 5.05. The van der Waals surface area contributed by atoms with Gasteiger partial charge in [0.1, 0.15) is 5.82 Å². The molecule has 1 atom stereocenters. The van der Waals surface area contributed by atoms with Gasteiger partial charge in [-0.3, -0.25) is 4.79 Å². The summed E-state index contributed by atoms with van der Waals surface area (Å²) < 4.78 is 1.98. The second kappa shape index (κ2) is 7.39. The summed E-state index contributed by atoms with van der Waals surface area (Å²) in [5.74, 6) is 0.312. The van der Waals surface area contributed by atoms with E-state index in [-0.39, 0.29) is 5.78 Å². The van der Waals surface area contributed by atoms with E-state index < -0.39 is 5.92 Å². The van der Waals surface area contributed by atoms with Crippen molar-refractivity contribution >= 4 is 5.78 Å². The fourth-order valence-electron chi connectivity index (χ4n) is 3.25. The van der Waals surface area contributed by atoms with Crippen molar-refractivity contribution in [1.29, 1.82) is 5.26 Å². The molecule has 0 saturated carbocycles. The van der Waals surface area contributed by atoms with Gasteiger partial charge in [0.15, 0.2) is 17.5 Å². The highest BCUT2D eigenvalue weighted by Crippen LogP contribution is 2.23. The van der Waals surface area contributed by atoms with E-state index in [0.717, 1.165) is 50.9 Å². The normalized spacial score (nSPS) is 15.2. The smallest absolute Gasteiger partial charge is 0.187 e. The quantitative estimate of drug-likeness (QED) is 0.790. The monoisotopic (exact) mass is 322 g/mol. The lowest BCUT2D eigenvalue weighted by atomic mass is 9.96. The molecule has 0 aliphatic carbocycles. The van der Waals surface area contributed by atoms with Crippen molar-refractivity contribution in [3.05, 3.63) is 47.0 Å². The van der Waals surface area contributed by atoms with Crippen molar-refractivity contribution in [2.75, 3.05) is 0 Å². The lowest BCUT2D eigenvalue weighted by Crippen LogP contribution is -2.17. The number of benzene rings is 1. The van der Waals surface area contributed by atoms with Gasteiger partial charge in [-0.1, -0.05) is 44.0 Å². The standard InChI is InChI=1S/C19H22N4O/c1-2-6-14-8-10-15(11-9-14)18(24)16(13-20)19-22-21-17-7-4-3-5-12-23(17)19/h8-11,16H,2-7,12H2,1H3/t16-/m0/s1. The van der Waals surface area contributed by atoms with Crippen molar-refractivity contribution in [2.45, 2.75) is 57.9 Å². The zero-order valence-electron chi connectivity index (χ0n) is 14.0. The first kappa shape index (κ1) is 16.4. The van der Waals surface area contributed by atoms with E-state index in [0.29, 0.717) is 11.4 Å². The van der Waals surface area contributed by atoms with Crippen molar-refractivity contribution in [3.63, 3.8) is 0 Å². The van der Waals surface area contributed by atoms with Crippen LogP contribution < -0.4 is 0 Å². The van der Waals surface area contributed by atoms with E-state index in [1.165, 1.54) is 5.56 Å². The van der Waals surface area contributed by atoms with Crippen LogP contribution in [0.1, 0.15) is 66.1 Å². The molecule has 0 spiro atoms. The average molecular weight is 322 g/mol. The van der Waals surface area contributed by atoms with Crippen LogP contribution in [-0.2, 0) is 19.4 Å². The molecule has 3 rings (SSSR count). The molecule has 0 bridgehead atoms. The topological polar surface area (TPSA) is 71.6 Å². The predicted molar refractivity (Wildman–Crippen MR) is 90.7 cm³/mol. The van der Waals surface area contributed by atoms with Gasteiger partial charge in [0, 0.05) is 18.5 Å². The number of aromatic nitrogens is 3. The van der Waals surface area contributed by atoms with E-state index in [9.17, 15) is 10.1 Å². The number of hydrogen-bond acceptors (Lipinski definition) is 4. The first-order valence-corrected chi connectivity index (χ1v) is 8.69. The third-order valence-electron chi connectivity index (χ3n) is 4.56. The van der Waals surface area contributed by atoms with Crippen LogP contribution in [0.15, 0.2) is 24.3 Å². The Morgan fingerprint density at radius 3 is 2.75 bits per heavy atom. The third kappa shape index (κ3) is 3.23. The van der Waals surface area contributed by atoms with Crippen LogP contribution in [0.4, 0.5) is 0 Å². The fourth-order valence-corrected chi connectivity index (χ4v) is 3.25. The van der Waals surface area contributed by atoms with Gasteiger partial charge in [-0.25, -0.2) is 0 Å². The van der Waals surface area contributed by atoms with Crippen LogP contribution in [0.5, 0.6) is 0 Å². The molecule has 1 aliphatic rings. The average Bonchev–Trinajstić information content (AvgIpc) is 2.85. The van der Waals surface area contributed by atoms with Crippen LogP contribution in [-0.4, -0.2) is 20.5 Å². The number of aryl methyl sites for hydroxylation is 2. The fraction of sp³-hybridized carbons (Fsp3) is 0.474. The molecule has 2 heterocycles.